The Hall–Kier alpha value is -1.32. The van der Waals surface area contributed by atoms with Crippen LogP contribution in [-0.4, -0.2) is 36.7 Å². The predicted molar refractivity (Wildman–Crippen MR) is 43.3 cm³/mol. The number of hydrogen-bond acceptors (Lipinski definition) is 3. The van der Waals surface area contributed by atoms with Gasteiger partial charge in [0.15, 0.2) is 0 Å². The Morgan fingerprint density at radius 3 is 3.09 bits per heavy atom. The summed E-state index contributed by atoms with van der Waals surface area (Å²) < 4.78 is 0. The molecule has 0 radical (unpaired) electrons. The van der Waals surface area contributed by atoms with Gasteiger partial charge in [0, 0.05) is 6.54 Å². The van der Waals surface area contributed by atoms with E-state index in [1.807, 2.05) is 0 Å². The van der Waals surface area contributed by atoms with Crippen LogP contribution in [0.5, 0.6) is 0 Å². The van der Waals surface area contributed by atoms with Gasteiger partial charge in [0.2, 0.25) is 6.41 Å². The molecular weight excluding hydrogens is 142 g/mol. The molecule has 1 heterocycles. The zero-order valence-corrected chi connectivity index (χ0v) is 6.23. The molecule has 0 bridgehead atoms. The Kier molecular flexibility index (Phi) is 2.66. The maximum Gasteiger partial charge on any atom is 0.210 e. The van der Waals surface area contributed by atoms with E-state index in [4.69, 9.17) is 5.73 Å². The van der Waals surface area contributed by atoms with Crippen molar-refractivity contribution in [2.45, 2.75) is 0 Å². The molecule has 0 saturated heterocycles. The molecule has 0 atom stereocenters. The molecular formula is C7H11N3O. The molecule has 2 N–H and O–H groups in total. The van der Waals surface area contributed by atoms with Crippen LogP contribution in [0.15, 0.2) is 17.3 Å². The average molecular weight is 153 g/mol. The molecule has 0 spiro atoms. The lowest BCUT2D eigenvalue weighted by Crippen LogP contribution is -2.34. The highest BCUT2D eigenvalue weighted by Crippen LogP contribution is 1.95. The van der Waals surface area contributed by atoms with Gasteiger partial charge in [0.25, 0.3) is 0 Å². The third-order valence-corrected chi connectivity index (χ3v) is 1.50. The fourth-order valence-electron chi connectivity index (χ4n) is 0.966. The molecule has 1 rings (SSSR count). The normalized spacial score (nSPS) is 18.5. The zero-order chi connectivity index (χ0) is 8.10. The van der Waals surface area contributed by atoms with Crippen LogP contribution in [0.4, 0.5) is 0 Å². The minimum Gasteiger partial charge on any atom is -0.405 e. The van der Waals surface area contributed by atoms with Crippen LogP contribution < -0.4 is 5.73 Å². The second-order valence-electron chi connectivity index (χ2n) is 2.31. The van der Waals surface area contributed by atoms with Crippen LogP contribution in [0.3, 0.4) is 0 Å². The highest BCUT2D eigenvalue weighted by molar-refractivity contribution is 5.97. The maximum atomic E-state index is 10.3. The smallest absolute Gasteiger partial charge is 0.210 e. The van der Waals surface area contributed by atoms with Gasteiger partial charge in [-0.2, -0.15) is 0 Å². The van der Waals surface area contributed by atoms with E-state index in [1.54, 1.807) is 11.0 Å². The van der Waals surface area contributed by atoms with E-state index in [2.05, 4.69) is 4.99 Å². The number of carbonyl (C=O) groups is 1. The van der Waals surface area contributed by atoms with E-state index in [-0.39, 0.29) is 0 Å². The van der Waals surface area contributed by atoms with Crippen molar-refractivity contribution in [3.05, 3.63) is 12.3 Å². The molecule has 0 aromatic carbocycles. The highest BCUT2D eigenvalue weighted by atomic mass is 16.1. The molecule has 11 heavy (non-hydrogen) atoms. The van der Waals surface area contributed by atoms with Gasteiger partial charge in [-0.3, -0.25) is 9.79 Å². The first kappa shape index (κ1) is 7.78. The number of nitrogens with zero attached hydrogens (tertiary/aromatic N) is 2. The molecule has 1 aliphatic rings. The number of hydrogen-bond donors (Lipinski definition) is 1. The molecule has 1 amide bonds. The summed E-state index contributed by atoms with van der Waals surface area (Å²) in [6.07, 6.45) is 3.99. The lowest BCUT2D eigenvalue weighted by molar-refractivity contribution is -0.117. The molecule has 4 heteroatoms. The third-order valence-electron chi connectivity index (χ3n) is 1.50. The largest absolute Gasteiger partial charge is 0.405 e. The Balaban J connectivity index is 2.55. The third kappa shape index (κ3) is 2.07. The SMILES string of the molecule is NC=CC1=NCCN(C=O)C1. The van der Waals surface area contributed by atoms with Crippen molar-refractivity contribution >= 4 is 12.1 Å². The summed E-state index contributed by atoms with van der Waals surface area (Å²) in [5.74, 6) is 0. The number of nitrogens with two attached hydrogens (primary N) is 1. The molecule has 0 aromatic rings. The van der Waals surface area contributed by atoms with Gasteiger partial charge in [-0.1, -0.05) is 0 Å². The van der Waals surface area contributed by atoms with Gasteiger partial charge in [-0.15, -0.1) is 0 Å². The van der Waals surface area contributed by atoms with Crippen LogP contribution in [0.25, 0.3) is 0 Å². The number of amides is 1. The minimum atomic E-state index is 0.581. The monoisotopic (exact) mass is 153 g/mol. The first-order valence-corrected chi connectivity index (χ1v) is 3.48. The van der Waals surface area contributed by atoms with E-state index in [0.29, 0.717) is 19.6 Å². The van der Waals surface area contributed by atoms with Gasteiger partial charge in [-0.25, -0.2) is 0 Å². The number of carbonyl (C=O) groups excluding carboxylic acids is 1. The van der Waals surface area contributed by atoms with E-state index in [1.165, 1.54) is 6.20 Å². The standard InChI is InChI=1S/C7H11N3O/c8-2-1-7-5-10(6-11)4-3-9-7/h1-2,6H,3-5,8H2. The van der Waals surface area contributed by atoms with Crippen molar-refractivity contribution in [2.75, 3.05) is 19.6 Å². The molecule has 0 fully saturated rings. The van der Waals surface area contributed by atoms with Gasteiger partial charge >= 0.3 is 0 Å². The second kappa shape index (κ2) is 3.75. The van der Waals surface area contributed by atoms with E-state index >= 15 is 0 Å². The fraction of sp³-hybridized carbons (Fsp3) is 0.429. The molecule has 60 valence electrons. The van der Waals surface area contributed by atoms with Crippen molar-refractivity contribution in [3.8, 4) is 0 Å². The first-order chi connectivity index (χ1) is 5.36. The molecule has 4 nitrogen and oxygen atoms in total. The van der Waals surface area contributed by atoms with Crippen LogP contribution in [0.1, 0.15) is 0 Å². The van der Waals surface area contributed by atoms with Gasteiger partial charge in [-0.05, 0) is 12.3 Å². The van der Waals surface area contributed by atoms with Crippen molar-refractivity contribution in [1.82, 2.24) is 4.90 Å². The maximum absolute atomic E-state index is 10.3. The van der Waals surface area contributed by atoms with Crippen molar-refractivity contribution in [1.29, 1.82) is 0 Å². The fourth-order valence-corrected chi connectivity index (χ4v) is 0.966. The minimum absolute atomic E-state index is 0.581. The van der Waals surface area contributed by atoms with Crippen molar-refractivity contribution in [3.63, 3.8) is 0 Å². The Morgan fingerprint density at radius 2 is 2.45 bits per heavy atom. The number of rotatable bonds is 2. The summed E-state index contributed by atoms with van der Waals surface area (Å²) in [5.41, 5.74) is 6.04. The van der Waals surface area contributed by atoms with Crippen LogP contribution in [0, 0.1) is 0 Å². The number of aliphatic imine (C=N–C) groups is 1. The van der Waals surface area contributed by atoms with Gasteiger partial charge in [0.1, 0.15) is 0 Å². The molecule has 0 saturated carbocycles. The first-order valence-electron chi connectivity index (χ1n) is 3.48. The Morgan fingerprint density at radius 1 is 1.64 bits per heavy atom. The summed E-state index contributed by atoms with van der Waals surface area (Å²) in [4.78, 5) is 16.2. The molecule has 0 unspecified atom stereocenters. The topological polar surface area (TPSA) is 58.7 Å². The van der Waals surface area contributed by atoms with Crippen molar-refractivity contribution < 1.29 is 4.79 Å². The lowest BCUT2D eigenvalue weighted by Gasteiger charge is -2.20. The lowest BCUT2D eigenvalue weighted by atomic mass is 10.3. The van der Waals surface area contributed by atoms with Gasteiger partial charge < -0.3 is 10.6 Å². The summed E-state index contributed by atoms with van der Waals surface area (Å²) in [6.45, 7) is 1.97. The van der Waals surface area contributed by atoms with Crippen LogP contribution >= 0.6 is 0 Å². The van der Waals surface area contributed by atoms with Crippen molar-refractivity contribution in [2.24, 2.45) is 10.7 Å². The summed E-state index contributed by atoms with van der Waals surface area (Å²) in [7, 11) is 0. The quantitative estimate of drug-likeness (QED) is 0.537. The highest BCUT2D eigenvalue weighted by Gasteiger charge is 2.08. The predicted octanol–water partition coefficient (Wildman–Crippen LogP) is -0.628. The van der Waals surface area contributed by atoms with E-state index in [0.717, 1.165) is 12.1 Å². The average Bonchev–Trinajstić information content (AvgIpc) is 2.06. The van der Waals surface area contributed by atoms with Crippen LogP contribution in [-0.2, 0) is 4.79 Å². The summed E-state index contributed by atoms with van der Waals surface area (Å²) in [6, 6.07) is 0. The molecule has 0 aromatic heterocycles. The van der Waals surface area contributed by atoms with Crippen LogP contribution in [0.2, 0.25) is 0 Å². The summed E-state index contributed by atoms with van der Waals surface area (Å²) >= 11 is 0. The van der Waals surface area contributed by atoms with E-state index < -0.39 is 0 Å². The molecule has 1 aliphatic heterocycles. The molecule has 0 aliphatic carbocycles. The summed E-state index contributed by atoms with van der Waals surface area (Å²) in [5, 5.41) is 0. The Bertz CT molecular complexity index is 198. The Labute approximate surface area is 65.4 Å². The van der Waals surface area contributed by atoms with E-state index in [9.17, 15) is 4.79 Å². The van der Waals surface area contributed by atoms with Gasteiger partial charge in [0.05, 0.1) is 18.8 Å². The zero-order valence-electron chi connectivity index (χ0n) is 6.23. The second-order valence-corrected chi connectivity index (χ2v) is 2.31.